The third-order valence-electron chi connectivity index (χ3n) is 2.35. The van der Waals surface area contributed by atoms with Crippen LogP contribution >= 0.6 is 0 Å². The maximum atomic E-state index is 13.2. The van der Waals surface area contributed by atoms with E-state index in [2.05, 4.69) is 11.2 Å². The average molecular weight is 234 g/mol. The molecule has 3 nitrogen and oxygen atoms in total. The number of amides is 1. The molecule has 0 aromatic heterocycles. The third kappa shape index (κ3) is 3.49. The van der Waals surface area contributed by atoms with E-state index in [9.17, 15) is 9.18 Å². The summed E-state index contributed by atoms with van der Waals surface area (Å²) >= 11 is 0. The summed E-state index contributed by atoms with van der Waals surface area (Å²) in [6.45, 7) is 1.97. The van der Waals surface area contributed by atoms with Crippen LogP contribution in [0.1, 0.15) is 30.1 Å². The van der Waals surface area contributed by atoms with Gasteiger partial charge < -0.3 is 11.1 Å². The van der Waals surface area contributed by atoms with Gasteiger partial charge in [-0.25, -0.2) is 4.39 Å². The van der Waals surface area contributed by atoms with E-state index in [1.807, 2.05) is 6.92 Å². The Bertz CT molecular complexity index is 451. The minimum absolute atomic E-state index is 0.0172. The van der Waals surface area contributed by atoms with Crippen molar-refractivity contribution in [2.75, 3.05) is 5.73 Å². The minimum atomic E-state index is -0.606. The van der Waals surface area contributed by atoms with Crippen molar-refractivity contribution in [2.24, 2.45) is 0 Å². The van der Waals surface area contributed by atoms with E-state index in [1.54, 1.807) is 0 Å². The molecule has 1 aromatic carbocycles. The molecule has 0 bridgehead atoms. The third-order valence-corrected chi connectivity index (χ3v) is 2.35. The molecule has 0 spiro atoms. The Morgan fingerprint density at radius 1 is 1.65 bits per heavy atom. The highest BCUT2D eigenvalue weighted by Gasteiger charge is 2.12. The Morgan fingerprint density at radius 3 is 2.88 bits per heavy atom. The summed E-state index contributed by atoms with van der Waals surface area (Å²) in [6, 6.07) is 3.60. The number of rotatable bonds is 4. The van der Waals surface area contributed by atoms with Gasteiger partial charge in [0.1, 0.15) is 5.82 Å². The lowest BCUT2D eigenvalue weighted by Gasteiger charge is -2.12. The fraction of sp³-hybridized carbons (Fsp3) is 0.308. The topological polar surface area (TPSA) is 55.1 Å². The van der Waals surface area contributed by atoms with E-state index < -0.39 is 5.82 Å². The van der Waals surface area contributed by atoms with Crippen LogP contribution in [0.25, 0.3) is 0 Å². The maximum Gasteiger partial charge on any atom is 0.252 e. The second kappa shape index (κ2) is 5.90. The molecule has 1 amide bonds. The fourth-order valence-corrected chi connectivity index (χ4v) is 1.40. The number of carbonyl (C=O) groups excluding carboxylic acids is 1. The number of anilines is 1. The van der Waals surface area contributed by atoms with Crippen LogP contribution in [0.4, 0.5) is 10.1 Å². The van der Waals surface area contributed by atoms with E-state index in [0.717, 1.165) is 12.5 Å². The molecular weight excluding hydrogens is 219 g/mol. The smallest absolute Gasteiger partial charge is 0.252 e. The molecule has 0 aliphatic heterocycles. The van der Waals surface area contributed by atoms with Crippen LogP contribution in [0, 0.1) is 18.2 Å². The predicted molar refractivity (Wildman–Crippen MR) is 65.8 cm³/mol. The summed E-state index contributed by atoms with van der Waals surface area (Å²) in [4.78, 5) is 11.7. The molecule has 0 heterocycles. The normalized spacial score (nSPS) is 11.6. The molecule has 1 aromatic rings. The Labute approximate surface area is 100 Å². The first kappa shape index (κ1) is 13.0. The van der Waals surface area contributed by atoms with Crippen molar-refractivity contribution >= 4 is 11.6 Å². The largest absolute Gasteiger partial charge is 0.396 e. The number of carbonyl (C=O) groups is 1. The molecular formula is C13H15FN2O. The second-order valence-corrected chi connectivity index (χ2v) is 3.72. The minimum Gasteiger partial charge on any atom is -0.396 e. The number of nitrogen functional groups attached to an aromatic ring is 1. The molecule has 0 saturated heterocycles. The first-order valence-electron chi connectivity index (χ1n) is 5.40. The summed E-state index contributed by atoms with van der Waals surface area (Å²) in [5, 5.41) is 2.65. The van der Waals surface area contributed by atoms with Crippen LogP contribution in [0.15, 0.2) is 18.2 Å². The quantitative estimate of drug-likeness (QED) is 0.618. The van der Waals surface area contributed by atoms with Crippen LogP contribution in [0.2, 0.25) is 0 Å². The maximum absolute atomic E-state index is 13.2. The molecule has 1 rings (SSSR count). The molecule has 1 atom stereocenters. The fourth-order valence-electron chi connectivity index (χ4n) is 1.40. The zero-order valence-corrected chi connectivity index (χ0v) is 9.66. The number of benzene rings is 1. The van der Waals surface area contributed by atoms with Gasteiger partial charge in [-0.2, -0.15) is 0 Å². The van der Waals surface area contributed by atoms with Crippen LogP contribution in [0.5, 0.6) is 0 Å². The van der Waals surface area contributed by atoms with Gasteiger partial charge in [-0.1, -0.05) is 19.3 Å². The molecule has 0 aliphatic rings. The van der Waals surface area contributed by atoms with E-state index in [1.165, 1.54) is 12.1 Å². The van der Waals surface area contributed by atoms with Crippen molar-refractivity contribution in [2.45, 2.75) is 25.8 Å². The Balaban J connectivity index is 2.76. The van der Waals surface area contributed by atoms with Gasteiger partial charge in [0.25, 0.3) is 5.91 Å². The average Bonchev–Trinajstić information content (AvgIpc) is 2.31. The molecule has 3 N–H and O–H groups in total. The molecule has 0 fully saturated rings. The van der Waals surface area contributed by atoms with Gasteiger partial charge in [-0.3, -0.25) is 4.79 Å². The Hall–Kier alpha value is -2.02. The first-order chi connectivity index (χ1) is 8.08. The van der Waals surface area contributed by atoms with Crippen LogP contribution < -0.4 is 11.1 Å². The molecule has 4 heteroatoms. The predicted octanol–water partition coefficient (Wildman–Crippen LogP) is 1.94. The van der Waals surface area contributed by atoms with E-state index in [0.29, 0.717) is 6.42 Å². The van der Waals surface area contributed by atoms with Crippen molar-refractivity contribution in [3.8, 4) is 12.3 Å². The second-order valence-electron chi connectivity index (χ2n) is 3.72. The van der Waals surface area contributed by atoms with Crippen molar-refractivity contribution < 1.29 is 9.18 Å². The summed E-state index contributed by atoms with van der Waals surface area (Å²) in [5.74, 6) is 1.48. The SMILES string of the molecule is C#CC(CCC)NC(=O)c1ccc(N)c(F)c1. The highest BCUT2D eigenvalue weighted by atomic mass is 19.1. The van der Waals surface area contributed by atoms with Gasteiger partial charge in [0.05, 0.1) is 11.7 Å². The van der Waals surface area contributed by atoms with Gasteiger partial charge in [0.2, 0.25) is 0 Å². The van der Waals surface area contributed by atoms with Gasteiger partial charge >= 0.3 is 0 Å². The van der Waals surface area contributed by atoms with Crippen LogP contribution in [-0.2, 0) is 0 Å². The number of nitrogens with two attached hydrogens (primary N) is 1. The van der Waals surface area contributed by atoms with Gasteiger partial charge in [-0.15, -0.1) is 6.42 Å². The van der Waals surface area contributed by atoms with E-state index >= 15 is 0 Å². The molecule has 17 heavy (non-hydrogen) atoms. The lowest BCUT2D eigenvalue weighted by Crippen LogP contribution is -2.33. The summed E-state index contributed by atoms with van der Waals surface area (Å²) < 4.78 is 13.2. The lowest BCUT2D eigenvalue weighted by atomic mass is 10.1. The number of hydrogen-bond donors (Lipinski definition) is 2. The zero-order valence-electron chi connectivity index (χ0n) is 9.66. The summed E-state index contributed by atoms with van der Waals surface area (Å²) in [7, 11) is 0. The highest BCUT2D eigenvalue weighted by Crippen LogP contribution is 2.12. The first-order valence-corrected chi connectivity index (χ1v) is 5.40. The number of hydrogen-bond acceptors (Lipinski definition) is 2. The monoisotopic (exact) mass is 234 g/mol. The van der Waals surface area contributed by atoms with Crippen molar-refractivity contribution in [1.29, 1.82) is 0 Å². The molecule has 0 aliphatic carbocycles. The van der Waals surface area contributed by atoms with E-state index in [4.69, 9.17) is 12.2 Å². The Kier molecular flexibility index (Phi) is 4.53. The molecule has 90 valence electrons. The Morgan fingerprint density at radius 2 is 2.35 bits per heavy atom. The van der Waals surface area contributed by atoms with Crippen molar-refractivity contribution in [3.05, 3.63) is 29.6 Å². The molecule has 1 unspecified atom stereocenters. The summed E-state index contributed by atoms with van der Waals surface area (Å²) in [6.07, 6.45) is 6.84. The van der Waals surface area contributed by atoms with Crippen LogP contribution in [-0.4, -0.2) is 11.9 Å². The number of halogens is 1. The van der Waals surface area contributed by atoms with Crippen molar-refractivity contribution in [1.82, 2.24) is 5.32 Å². The lowest BCUT2D eigenvalue weighted by molar-refractivity contribution is 0.0944. The number of nitrogens with one attached hydrogen (secondary N) is 1. The molecule has 0 radical (unpaired) electrons. The van der Waals surface area contributed by atoms with Gasteiger partial charge in [0, 0.05) is 5.56 Å². The number of terminal acetylenes is 1. The van der Waals surface area contributed by atoms with Gasteiger partial charge in [-0.05, 0) is 24.6 Å². The van der Waals surface area contributed by atoms with Gasteiger partial charge in [0.15, 0.2) is 0 Å². The molecule has 0 saturated carbocycles. The standard InChI is InChI=1S/C13H15FN2O/c1-3-5-10(4-2)16-13(17)9-6-7-12(15)11(14)8-9/h2,6-8,10H,3,5,15H2,1H3,(H,16,17). The van der Waals surface area contributed by atoms with Crippen molar-refractivity contribution in [3.63, 3.8) is 0 Å². The van der Waals surface area contributed by atoms with E-state index in [-0.39, 0.29) is 23.2 Å². The highest BCUT2D eigenvalue weighted by molar-refractivity contribution is 5.94. The van der Waals surface area contributed by atoms with Crippen LogP contribution in [0.3, 0.4) is 0 Å². The summed E-state index contributed by atoms with van der Waals surface area (Å²) in [5.41, 5.74) is 5.56. The zero-order chi connectivity index (χ0) is 12.8.